The molecule has 2 fully saturated rings. The normalized spacial score (nSPS) is 22.2. The van der Waals surface area contributed by atoms with Crippen LogP contribution in [0.25, 0.3) is 0 Å². The van der Waals surface area contributed by atoms with Crippen LogP contribution in [0.3, 0.4) is 0 Å². The van der Waals surface area contributed by atoms with Crippen molar-refractivity contribution in [1.82, 2.24) is 25.4 Å². The standard InChI is InChI=1S/C16H28N6S.HI/c1-12-20-21-15(22(12)2)10-17-16(18-13-6-3-4-7-13)19-14-8-5-9-23-11-14;/h13-14H,3-11H2,1-2H3,(H2,17,18,19);1H. The van der Waals surface area contributed by atoms with Gasteiger partial charge in [0.15, 0.2) is 11.8 Å². The van der Waals surface area contributed by atoms with E-state index >= 15 is 0 Å². The van der Waals surface area contributed by atoms with Gasteiger partial charge in [0.2, 0.25) is 0 Å². The average Bonchev–Trinajstić information content (AvgIpc) is 3.18. The highest BCUT2D eigenvalue weighted by Crippen LogP contribution is 2.19. The van der Waals surface area contributed by atoms with E-state index in [0.29, 0.717) is 18.6 Å². The van der Waals surface area contributed by atoms with Gasteiger partial charge < -0.3 is 15.2 Å². The van der Waals surface area contributed by atoms with E-state index in [-0.39, 0.29) is 24.0 Å². The molecule has 6 nitrogen and oxygen atoms in total. The molecule has 2 heterocycles. The Hall–Kier alpha value is -0.510. The van der Waals surface area contributed by atoms with Crippen LogP contribution in [0.1, 0.15) is 50.2 Å². The summed E-state index contributed by atoms with van der Waals surface area (Å²) in [6, 6.07) is 1.10. The number of aromatic nitrogens is 3. The molecule has 24 heavy (non-hydrogen) atoms. The monoisotopic (exact) mass is 464 g/mol. The molecule has 1 saturated carbocycles. The summed E-state index contributed by atoms with van der Waals surface area (Å²) in [6.45, 7) is 2.54. The predicted molar refractivity (Wildman–Crippen MR) is 111 cm³/mol. The van der Waals surface area contributed by atoms with Gasteiger partial charge in [-0.25, -0.2) is 4.99 Å². The Morgan fingerprint density at radius 1 is 1.17 bits per heavy atom. The van der Waals surface area contributed by atoms with Gasteiger partial charge in [-0.05, 0) is 38.4 Å². The SMILES string of the molecule is Cc1nnc(CN=C(NC2CCCC2)NC2CCCSC2)n1C.I. The van der Waals surface area contributed by atoms with Gasteiger partial charge in [0, 0.05) is 24.9 Å². The summed E-state index contributed by atoms with van der Waals surface area (Å²) in [6.07, 6.45) is 7.69. The second-order valence-corrected chi connectivity index (χ2v) is 7.72. The maximum atomic E-state index is 4.79. The quantitative estimate of drug-likeness (QED) is 0.408. The molecular weight excluding hydrogens is 435 g/mol. The van der Waals surface area contributed by atoms with E-state index in [9.17, 15) is 0 Å². The molecule has 1 unspecified atom stereocenters. The molecule has 0 radical (unpaired) electrons. The van der Waals surface area contributed by atoms with Gasteiger partial charge in [-0.15, -0.1) is 34.2 Å². The van der Waals surface area contributed by atoms with E-state index < -0.39 is 0 Å². The summed E-state index contributed by atoms with van der Waals surface area (Å²) in [5.74, 6) is 5.25. The van der Waals surface area contributed by atoms with Gasteiger partial charge in [0.25, 0.3) is 0 Å². The molecule has 1 aliphatic heterocycles. The number of rotatable bonds is 4. The first-order valence-electron chi connectivity index (χ1n) is 8.72. The number of guanidine groups is 1. The summed E-state index contributed by atoms with van der Waals surface area (Å²) in [5.41, 5.74) is 0. The van der Waals surface area contributed by atoms with Crippen LogP contribution in [0.15, 0.2) is 4.99 Å². The third kappa shape index (κ3) is 5.50. The number of hydrogen-bond acceptors (Lipinski definition) is 4. The summed E-state index contributed by atoms with van der Waals surface area (Å²) in [5, 5.41) is 15.6. The van der Waals surface area contributed by atoms with Crippen molar-refractivity contribution < 1.29 is 0 Å². The van der Waals surface area contributed by atoms with E-state index in [2.05, 4.69) is 20.8 Å². The minimum absolute atomic E-state index is 0. The first kappa shape index (κ1) is 19.8. The fourth-order valence-electron chi connectivity index (χ4n) is 3.18. The highest BCUT2D eigenvalue weighted by Gasteiger charge is 2.19. The Balaban J connectivity index is 0.00000208. The van der Waals surface area contributed by atoms with Crippen molar-refractivity contribution in [2.75, 3.05) is 11.5 Å². The highest BCUT2D eigenvalue weighted by atomic mass is 127. The van der Waals surface area contributed by atoms with Crippen LogP contribution in [0.2, 0.25) is 0 Å². The van der Waals surface area contributed by atoms with Crippen molar-refractivity contribution in [2.45, 2.75) is 64.1 Å². The molecule has 8 heteroatoms. The zero-order valence-electron chi connectivity index (χ0n) is 14.6. The number of nitrogens with one attached hydrogen (secondary N) is 2. The zero-order chi connectivity index (χ0) is 16.1. The van der Waals surface area contributed by atoms with Crippen LogP contribution in [0, 0.1) is 6.92 Å². The molecule has 1 saturated heterocycles. The third-order valence-corrected chi connectivity index (χ3v) is 5.97. The molecule has 2 N–H and O–H groups in total. The Morgan fingerprint density at radius 3 is 2.50 bits per heavy atom. The lowest BCUT2D eigenvalue weighted by molar-refractivity contribution is 0.555. The maximum absolute atomic E-state index is 4.79. The lowest BCUT2D eigenvalue weighted by atomic mass is 10.2. The van der Waals surface area contributed by atoms with Crippen LogP contribution in [0.5, 0.6) is 0 Å². The van der Waals surface area contributed by atoms with E-state index in [4.69, 9.17) is 4.99 Å². The molecule has 1 aromatic rings. The zero-order valence-corrected chi connectivity index (χ0v) is 17.8. The summed E-state index contributed by atoms with van der Waals surface area (Å²) in [7, 11) is 2.00. The van der Waals surface area contributed by atoms with Crippen molar-refractivity contribution in [2.24, 2.45) is 12.0 Å². The molecule has 136 valence electrons. The topological polar surface area (TPSA) is 67.1 Å². The van der Waals surface area contributed by atoms with Gasteiger partial charge in [-0.1, -0.05) is 12.8 Å². The van der Waals surface area contributed by atoms with Crippen LogP contribution in [0.4, 0.5) is 0 Å². The fourth-order valence-corrected chi connectivity index (χ4v) is 4.25. The molecule has 0 aromatic carbocycles. The molecule has 1 aliphatic carbocycles. The Labute approximate surface area is 166 Å². The molecule has 1 aromatic heterocycles. The van der Waals surface area contributed by atoms with Gasteiger partial charge in [0.05, 0.1) is 0 Å². The molecule has 0 amide bonds. The number of thioether (sulfide) groups is 1. The number of aryl methyl sites for hydroxylation is 1. The maximum Gasteiger partial charge on any atom is 0.192 e. The van der Waals surface area contributed by atoms with Crippen molar-refractivity contribution in [3.63, 3.8) is 0 Å². The lowest BCUT2D eigenvalue weighted by Gasteiger charge is -2.26. The minimum atomic E-state index is 0. The molecule has 2 aliphatic rings. The van der Waals surface area contributed by atoms with Crippen LogP contribution in [-0.4, -0.2) is 44.3 Å². The second kappa shape index (κ2) is 9.84. The summed E-state index contributed by atoms with van der Waals surface area (Å²) >= 11 is 2.04. The second-order valence-electron chi connectivity index (χ2n) is 6.57. The van der Waals surface area contributed by atoms with E-state index in [1.54, 1.807) is 0 Å². The molecule has 0 bridgehead atoms. The third-order valence-electron chi connectivity index (χ3n) is 4.76. The number of halogens is 1. The van der Waals surface area contributed by atoms with E-state index in [0.717, 1.165) is 17.6 Å². The van der Waals surface area contributed by atoms with Crippen LogP contribution >= 0.6 is 35.7 Å². The molecular formula is C16H29IN6S. The Morgan fingerprint density at radius 2 is 1.88 bits per heavy atom. The van der Waals surface area contributed by atoms with Crippen molar-refractivity contribution in [3.8, 4) is 0 Å². The smallest absolute Gasteiger partial charge is 0.192 e. The largest absolute Gasteiger partial charge is 0.354 e. The predicted octanol–water partition coefficient (Wildman–Crippen LogP) is 2.61. The number of nitrogens with zero attached hydrogens (tertiary/aromatic N) is 4. The first-order valence-corrected chi connectivity index (χ1v) is 9.88. The van der Waals surface area contributed by atoms with E-state index in [1.807, 2.05) is 30.3 Å². The Bertz CT molecular complexity index is 535. The average molecular weight is 464 g/mol. The first-order chi connectivity index (χ1) is 11.2. The van der Waals surface area contributed by atoms with Gasteiger partial charge in [-0.2, -0.15) is 11.8 Å². The fraction of sp³-hybridized carbons (Fsp3) is 0.812. The van der Waals surface area contributed by atoms with Gasteiger partial charge in [-0.3, -0.25) is 0 Å². The number of aliphatic imine (C=N–C) groups is 1. The number of hydrogen-bond donors (Lipinski definition) is 2. The summed E-state index contributed by atoms with van der Waals surface area (Å²) in [4.78, 5) is 4.79. The molecule has 0 spiro atoms. The van der Waals surface area contributed by atoms with Gasteiger partial charge >= 0.3 is 0 Å². The Kier molecular flexibility index (Phi) is 8.12. The minimum Gasteiger partial charge on any atom is -0.354 e. The molecule has 1 atom stereocenters. The summed E-state index contributed by atoms with van der Waals surface area (Å²) < 4.78 is 2.01. The van der Waals surface area contributed by atoms with Crippen molar-refractivity contribution >= 4 is 41.7 Å². The molecule has 3 rings (SSSR count). The van der Waals surface area contributed by atoms with Crippen molar-refractivity contribution in [3.05, 3.63) is 11.6 Å². The van der Waals surface area contributed by atoms with Crippen molar-refractivity contribution in [1.29, 1.82) is 0 Å². The highest BCUT2D eigenvalue weighted by molar-refractivity contribution is 14.0. The van der Waals surface area contributed by atoms with Crippen LogP contribution in [-0.2, 0) is 13.6 Å². The van der Waals surface area contributed by atoms with Crippen LogP contribution < -0.4 is 10.6 Å². The van der Waals surface area contributed by atoms with E-state index in [1.165, 1.54) is 50.0 Å². The lowest BCUT2D eigenvalue weighted by Crippen LogP contribution is -2.48. The van der Waals surface area contributed by atoms with Gasteiger partial charge in [0.1, 0.15) is 12.4 Å².